The highest BCUT2D eigenvalue weighted by Crippen LogP contribution is 2.27. The number of rotatable bonds is 4. The second kappa shape index (κ2) is 6.35. The molecular weight excluding hydrogens is 322 g/mol. The van der Waals surface area contributed by atoms with Gasteiger partial charge in [0.2, 0.25) is 5.95 Å². The fourth-order valence-corrected chi connectivity index (χ4v) is 3.87. The molecule has 2 N–H and O–H groups in total. The smallest absolute Gasteiger partial charge is 0.230 e. The highest BCUT2D eigenvalue weighted by molar-refractivity contribution is 7.10. The molecule has 8 heteroatoms. The van der Waals surface area contributed by atoms with Crippen LogP contribution in [0.1, 0.15) is 37.8 Å². The van der Waals surface area contributed by atoms with Crippen molar-refractivity contribution in [1.29, 1.82) is 0 Å². The van der Waals surface area contributed by atoms with E-state index in [9.17, 15) is 0 Å². The molecule has 7 nitrogen and oxygen atoms in total. The Hall–Kier alpha value is -2.22. The molecule has 3 heterocycles. The van der Waals surface area contributed by atoms with E-state index in [1.807, 2.05) is 24.7 Å². The Morgan fingerprint density at radius 2 is 2.04 bits per heavy atom. The summed E-state index contributed by atoms with van der Waals surface area (Å²) >= 11 is 1.41. The first-order valence-corrected chi connectivity index (χ1v) is 9.13. The van der Waals surface area contributed by atoms with Crippen LogP contribution >= 0.6 is 11.5 Å². The van der Waals surface area contributed by atoms with E-state index in [-0.39, 0.29) is 0 Å². The minimum Gasteiger partial charge on any atom is -0.365 e. The Morgan fingerprint density at radius 3 is 2.79 bits per heavy atom. The minimum absolute atomic E-state index is 0.477. The van der Waals surface area contributed by atoms with Crippen molar-refractivity contribution in [2.24, 2.45) is 7.05 Å². The molecule has 4 rings (SSSR count). The zero-order valence-electron chi connectivity index (χ0n) is 13.9. The standard InChI is InChI=1S/C16H21N7S/c1-10-8-13(24-22-10)20-16-19-12-9-17-23(2)14(12)15(21-16)18-11-6-4-3-5-7-11/h8-9,11H,3-7H2,1-2H3,(H2,18,19,20,21). The maximum atomic E-state index is 4.72. The van der Waals surface area contributed by atoms with Gasteiger partial charge < -0.3 is 10.6 Å². The Morgan fingerprint density at radius 1 is 1.21 bits per heavy atom. The Labute approximate surface area is 144 Å². The molecule has 0 atom stereocenters. The largest absolute Gasteiger partial charge is 0.365 e. The molecule has 3 aromatic rings. The molecule has 0 radical (unpaired) electrons. The lowest BCUT2D eigenvalue weighted by atomic mass is 9.95. The third-order valence-electron chi connectivity index (χ3n) is 4.40. The number of nitrogens with zero attached hydrogens (tertiary/aromatic N) is 5. The second-order valence-electron chi connectivity index (χ2n) is 6.33. The van der Waals surface area contributed by atoms with Crippen LogP contribution in [-0.4, -0.2) is 30.2 Å². The van der Waals surface area contributed by atoms with Crippen LogP contribution in [0.2, 0.25) is 0 Å². The van der Waals surface area contributed by atoms with E-state index in [0.717, 1.165) is 27.5 Å². The topological polar surface area (TPSA) is 80.5 Å². The summed E-state index contributed by atoms with van der Waals surface area (Å²) in [5, 5.41) is 12.2. The van der Waals surface area contributed by atoms with E-state index < -0.39 is 0 Å². The number of nitrogens with one attached hydrogen (secondary N) is 2. The third kappa shape index (κ3) is 3.06. The average molecular weight is 343 g/mol. The van der Waals surface area contributed by atoms with Crippen LogP contribution in [0, 0.1) is 6.92 Å². The van der Waals surface area contributed by atoms with Gasteiger partial charge in [-0.3, -0.25) is 4.68 Å². The molecule has 0 aliphatic heterocycles. The van der Waals surface area contributed by atoms with Gasteiger partial charge in [0.15, 0.2) is 5.82 Å². The third-order valence-corrected chi connectivity index (χ3v) is 5.19. The lowest BCUT2D eigenvalue weighted by molar-refractivity contribution is 0.462. The van der Waals surface area contributed by atoms with Crippen LogP contribution in [0.25, 0.3) is 11.0 Å². The first-order chi connectivity index (χ1) is 11.7. The number of aromatic nitrogens is 5. The summed E-state index contributed by atoms with van der Waals surface area (Å²) in [5.74, 6) is 1.44. The van der Waals surface area contributed by atoms with E-state index in [0.29, 0.717) is 12.0 Å². The molecule has 24 heavy (non-hydrogen) atoms. The molecule has 1 aliphatic carbocycles. The Kier molecular flexibility index (Phi) is 4.05. The van der Waals surface area contributed by atoms with Crippen LogP contribution in [0.4, 0.5) is 16.8 Å². The van der Waals surface area contributed by atoms with Crippen molar-refractivity contribution in [2.75, 3.05) is 10.6 Å². The maximum Gasteiger partial charge on any atom is 0.230 e. The van der Waals surface area contributed by atoms with Crippen LogP contribution in [0.15, 0.2) is 12.3 Å². The van der Waals surface area contributed by atoms with E-state index in [1.54, 1.807) is 6.20 Å². The molecule has 0 saturated heterocycles. The van der Waals surface area contributed by atoms with Crippen LogP contribution < -0.4 is 10.6 Å². The Bertz CT molecular complexity index is 847. The lowest BCUT2D eigenvalue weighted by Gasteiger charge is -2.23. The Balaban J connectivity index is 1.68. The summed E-state index contributed by atoms with van der Waals surface area (Å²) in [5.41, 5.74) is 2.78. The average Bonchev–Trinajstić information content (AvgIpc) is 3.15. The second-order valence-corrected chi connectivity index (χ2v) is 7.14. The van der Waals surface area contributed by atoms with Gasteiger partial charge in [-0.2, -0.15) is 14.5 Å². The fraction of sp³-hybridized carbons (Fsp3) is 0.500. The molecule has 126 valence electrons. The van der Waals surface area contributed by atoms with E-state index >= 15 is 0 Å². The van der Waals surface area contributed by atoms with Gasteiger partial charge in [-0.25, -0.2) is 4.98 Å². The molecule has 0 spiro atoms. The zero-order chi connectivity index (χ0) is 16.5. The van der Waals surface area contributed by atoms with Gasteiger partial charge in [0.05, 0.1) is 11.9 Å². The summed E-state index contributed by atoms with van der Waals surface area (Å²) in [6, 6.07) is 2.47. The highest BCUT2D eigenvalue weighted by Gasteiger charge is 2.18. The molecule has 0 bridgehead atoms. The van der Waals surface area contributed by atoms with Crippen molar-refractivity contribution in [3.8, 4) is 0 Å². The first kappa shape index (κ1) is 15.3. The van der Waals surface area contributed by atoms with Crippen LogP contribution in [-0.2, 0) is 7.05 Å². The van der Waals surface area contributed by atoms with Crippen LogP contribution in [0.5, 0.6) is 0 Å². The molecule has 0 aromatic carbocycles. The number of fused-ring (bicyclic) bond motifs is 1. The fourth-order valence-electron chi connectivity index (χ4n) is 3.21. The van der Waals surface area contributed by atoms with Crippen LogP contribution in [0.3, 0.4) is 0 Å². The molecule has 1 saturated carbocycles. The van der Waals surface area contributed by atoms with Gasteiger partial charge in [0.1, 0.15) is 16.0 Å². The summed E-state index contributed by atoms with van der Waals surface area (Å²) in [7, 11) is 1.93. The first-order valence-electron chi connectivity index (χ1n) is 8.35. The van der Waals surface area contributed by atoms with Gasteiger partial charge in [-0.1, -0.05) is 19.3 Å². The maximum absolute atomic E-state index is 4.72. The SMILES string of the molecule is Cc1cc(Nc2nc(NC3CCCCC3)c3c(cnn3C)n2)sn1. The van der Waals surface area contributed by atoms with Gasteiger partial charge >= 0.3 is 0 Å². The van der Waals surface area contributed by atoms with Gasteiger partial charge in [-0.05, 0) is 37.4 Å². The van der Waals surface area contributed by atoms with Crippen molar-refractivity contribution < 1.29 is 0 Å². The van der Waals surface area contributed by atoms with Gasteiger partial charge in [0.25, 0.3) is 0 Å². The van der Waals surface area contributed by atoms with E-state index in [1.165, 1.54) is 43.6 Å². The molecule has 0 amide bonds. The number of aryl methyl sites for hydroxylation is 2. The van der Waals surface area contributed by atoms with Crippen molar-refractivity contribution >= 4 is 39.3 Å². The molecular formula is C16H21N7S. The zero-order valence-corrected chi connectivity index (χ0v) is 14.7. The number of hydrogen-bond acceptors (Lipinski definition) is 7. The van der Waals surface area contributed by atoms with E-state index in [2.05, 4.69) is 25.1 Å². The molecule has 1 fully saturated rings. The monoisotopic (exact) mass is 343 g/mol. The summed E-state index contributed by atoms with van der Waals surface area (Å²) in [6.07, 6.45) is 8.07. The highest BCUT2D eigenvalue weighted by atomic mass is 32.1. The number of hydrogen-bond donors (Lipinski definition) is 2. The minimum atomic E-state index is 0.477. The van der Waals surface area contributed by atoms with E-state index in [4.69, 9.17) is 4.98 Å². The predicted octanol–water partition coefficient (Wildman–Crippen LogP) is 3.62. The van der Waals surface area contributed by atoms with Crippen molar-refractivity contribution in [1.82, 2.24) is 24.1 Å². The molecule has 0 unspecified atom stereocenters. The van der Waals surface area contributed by atoms with Gasteiger partial charge in [-0.15, -0.1) is 0 Å². The quantitative estimate of drug-likeness (QED) is 0.753. The van der Waals surface area contributed by atoms with Crippen molar-refractivity contribution in [2.45, 2.75) is 45.1 Å². The van der Waals surface area contributed by atoms with Crippen molar-refractivity contribution in [3.05, 3.63) is 18.0 Å². The van der Waals surface area contributed by atoms with Gasteiger partial charge in [0, 0.05) is 13.1 Å². The predicted molar refractivity (Wildman–Crippen MR) is 96.9 cm³/mol. The summed E-state index contributed by atoms with van der Waals surface area (Å²) < 4.78 is 6.12. The summed E-state index contributed by atoms with van der Waals surface area (Å²) in [6.45, 7) is 1.98. The lowest BCUT2D eigenvalue weighted by Crippen LogP contribution is -2.23. The molecule has 3 aromatic heterocycles. The summed E-state index contributed by atoms with van der Waals surface area (Å²) in [4.78, 5) is 9.30. The normalized spacial score (nSPS) is 15.8. The molecule has 1 aliphatic rings. The number of anilines is 3. The van der Waals surface area contributed by atoms with Crippen molar-refractivity contribution in [3.63, 3.8) is 0 Å².